The molecule has 0 bridgehead atoms. The highest BCUT2D eigenvalue weighted by atomic mass is 16.4. The van der Waals surface area contributed by atoms with E-state index in [2.05, 4.69) is 4.90 Å². The molecular weight excluding hydrogens is 202 g/mol. The molecule has 0 radical (unpaired) electrons. The molecule has 3 heteroatoms. The highest BCUT2D eigenvalue weighted by molar-refractivity contribution is 5.79. The van der Waals surface area contributed by atoms with Gasteiger partial charge in [-0.3, -0.25) is 9.69 Å². The summed E-state index contributed by atoms with van der Waals surface area (Å²) in [5.74, 6) is -0.174. The maximum Gasteiger partial charge on any atom is 0.324 e. The number of carboxylic acid groups (broad SMARTS) is 1. The molecule has 2 fully saturated rings. The number of rotatable bonds is 4. The molecule has 0 aromatic carbocycles. The van der Waals surface area contributed by atoms with E-state index in [0.717, 1.165) is 32.4 Å². The first kappa shape index (κ1) is 11.9. The molecule has 2 aliphatic rings. The van der Waals surface area contributed by atoms with E-state index in [0.29, 0.717) is 5.92 Å². The van der Waals surface area contributed by atoms with Crippen LogP contribution in [0.2, 0.25) is 0 Å². The molecule has 2 rings (SSSR count). The van der Waals surface area contributed by atoms with Crippen LogP contribution in [0.5, 0.6) is 0 Å². The van der Waals surface area contributed by atoms with Crippen LogP contribution in [-0.4, -0.2) is 34.6 Å². The molecule has 1 N–H and O–H groups in total. The Bertz CT molecular complexity index is 255. The predicted molar refractivity (Wildman–Crippen MR) is 63.4 cm³/mol. The summed E-state index contributed by atoms with van der Waals surface area (Å²) in [7, 11) is 0. The topological polar surface area (TPSA) is 40.5 Å². The average molecular weight is 225 g/mol. The second-order valence-electron chi connectivity index (χ2n) is 5.26. The van der Waals surface area contributed by atoms with Crippen molar-refractivity contribution in [3.63, 3.8) is 0 Å². The molecule has 0 amide bonds. The fourth-order valence-corrected chi connectivity index (χ4v) is 3.26. The molecule has 1 saturated heterocycles. The lowest BCUT2D eigenvalue weighted by atomic mass is 9.87. The highest BCUT2D eigenvalue weighted by Gasteiger charge is 2.53. The molecule has 1 saturated carbocycles. The van der Waals surface area contributed by atoms with E-state index in [-0.39, 0.29) is 0 Å². The van der Waals surface area contributed by atoms with Crippen LogP contribution in [-0.2, 0) is 4.79 Å². The van der Waals surface area contributed by atoms with Crippen molar-refractivity contribution >= 4 is 5.97 Å². The zero-order chi connectivity index (χ0) is 11.6. The summed E-state index contributed by atoms with van der Waals surface area (Å²) in [5.41, 5.74) is -0.537. The molecule has 0 aromatic heterocycles. The van der Waals surface area contributed by atoms with Gasteiger partial charge >= 0.3 is 5.97 Å². The van der Waals surface area contributed by atoms with Crippen molar-refractivity contribution in [2.75, 3.05) is 13.1 Å². The van der Waals surface area contributed by atoms with Crippen molar-refractivity contribution < 1.29 is 9.90 Å². The number of nitrogens with zero attached hydrogens (tertiary/aromatic N) is 1. The smallest absolute Gasteiger partial charge is 0.324 e. The van der Waals surface area contributed by atoms with E-state index < -0.39 is 11.5 Å². The summed E-state index contributed by atoms with van der Waals surface area (Å²) in [6, 6.07) is 0. The largest absolute Gasteiger partial charge is 0.480 e. The van der Waals surface area contributed by atoms with Crippen LogP contribution >= 0.6 is 0 Å². The summed E-state index contributed by atoms with van der Waals surface area (Å²) in [6.45, 7) is 4.00. The quantitative estimate of drug-likeness (QED) is 0.799. The third kappa shape index (κ3) is 1.97. The van der Waals surface area contributed by atoms with Gasteiger partial charge in [-0.1, -0.05) is 19.8 Å². The van der Waals surface area contributed by atoms with Crippen LogP contribution in [0.4, 0.5) is 0 Å². The Kier molecular flexibility index (Phi) is 3.53. The first-order valence-corrected chi connectivity index (χ1v) is 6.70. The molecule has 1 atom stereocenters. The maximum atomic E-state index is 11.7. The van der Waals surface area contributed by atoms with Gasteiger partial charge < -0.3 is 5.11 Å². The van der Waals surface area contributed by atoms with Gasteiger partial charge in [0.25, 0.3) is 0 Å². The average Bonchev–Trinajstić information content (AvgIpc) is 3.04. The molecule has 1 aliphatic heterocycles. The summed E-state index contributed by atoms with van der Waals surface area (Å²) in [4.78, 5) is 14.0. The Morgan fingerprint density at radius 1 is 1.25 bits per heavy atom. The molecule has 16 heavy (non-hydrogen) atoms. The van der Waals surface area contributed by atoms with Crippen molar-refractivity contribution in [3.05, 3.63) is 0 Å². The highest BCUT2D eigenvalue weighted by Crippen LogP contribution is 2.46. The molecule has 92 valence electrons. The monoisotopic (exact) mass is 225 g/mol. The summed E-state index contributed by atoms with van der Waals surface area (Å²) >= 11 is 0. The molecule has 0 spiro atoms. The van der Waals surface area contributed by atoms with E-state index in [1.807, 2.05) is 6.92 Å². The van der Waals surface area contributed by atoms with Gasteiger partial charge in [0.15, 0.2) is 0 Å². The van der Waals surface area contributed by atoms with E-state index >= 15 is 0 Å². The summed E-state index contributed by atoms with van der Waals surface area (Å²) < 4.78 is 0. The van der Waals surface area contributed by atoms with Gasteiger partial charge in [0.2, 0.25) is 0 Å². The molecule has 1 unspecified atom stereocenters. The zero-order valence-electron chi connectivity index (χ0n) is 10.2. The summed E-state index contributed by atoms with van der Waals surface area (Å²) in [5, 5.41) is 9.64. The van der Waals surface area contributed by atoms with E-state index in [4.69, 9.17) is 0 Å². The minimum Gasteiger partial charge on any atom is -0.480 e. The lowest BCUT2D eigenvalue weighted by Crippen LogP contribution is -2.56. The SMILES string of the molecule is CCC(C(=O)O)(C1CC1)N1CCCCCC1. The van der Waals surface area contributed by atoms with Crippen LogP contribution in [0.3, 0.4) is 0 Å². The maximum absolute atomic E-state index is 11.7. The Labute approximate surface area is 97.8 Å². The minimum absolute atomic E-state index is 0.410. The molecular formula is C13H23NO2. The van der Waals surface area contributed by atoms with Gasteiger partial charge in [0.1, 0.15) is 5.54 Å². The normalized spacial score (nSPS) is 27.1. The number of aliphatic carboxylic acids is 1. The van der Waals surface area contributed by atoms with Crippen molar-refractivity contribution in [1.82, 2.24) is 4.90 Å². The van der Waals surface area contributed by atoms with Crippen LogP contribution in [0, 0.1) is 5.92 Å². The third-order valence-electron chi connectivity index (χ3n) is 4.33. The molecule has 3 nitrogen and oxygen atoms in total. The van der Waals surface area contributed by atoms with Gasteiger partial charge in [-0.25, -0.2) is 0 Å². The Hall–Kier alpha value is -0.570. The van der Waals surface area contributed by atoms with Crippen LogP contribution < -0.4 is 0 Å². The van der Waals surface area contributed by atoms with Crippen molar-refractivity contribution in [1.29, 1.82) is 0 Å². The van der Waals surface area contributed by atoms with E-state index in [1.54, 1.807) is 0 Å². The minimum atomic E-state index is -0.584. The van der Waals surface area contributed by atoms with Gasteiger partial charge in [-0.05, 0) is 51.1 Å². The number of hydrogen-bond donors (Lipinski definition) is 1. The van der Waals surface area contributed by atoms with Gasteiger partial charge in [-0.15, -0.1) is 0 Å². The van der Waals surface area contributed by atoms with Crippen molar-refractivity contribution in [3.8, 4) is 0 Å². The Morgan fingerprint density at radius 2 is 1.81 bits per heavy atom. The Morgan fingerprint density at radius 3 is 2.19 bits per heavy atom. The van der Waals surface area contributed by atoms with Gasteiger partial charge in [0, 0.05) is 0 Å². The first-order valence-electron chi connectivity index (χ1n) is 6.70. The zero-order valence-corrected chi connectivity index (χ0v) is 10.2. The molecule has 1 heterocycles. The number of hydrogen-bond acceptors (Lipinski definition) is 2. The first-order chi connectivity index (χ1) is 7.71. The van der Waals surface area contributed by atoms with Crippen molar-refractivity contribution in [2.24, 2.45) is 5.92 Å². The van der Waals surface area contributed by atoms with Crippen molar-refractivity contribution in [2.45, 2.75) is 57.4 Å². The fourth-order valence-electron chi connectivity index (χ4n) is 3.26. The second-order valence-corrected chi connectivity index (χ2v) is 5.26. The second kappa shape index (κ2) is 4.74. The van der Waals surface area contributed by atoms with Crippen LogP contribution in [0.1, 0.15) is 51.9 Å². The number of carbonyl (C=O) groups is 1. The number of likely N-dealkylation sites (tertiary alicyclic amines) is 1. The fraction of sp³-hybridized carbons (Fsp3) is 0.923. The lowest BCUT2D eigenvalue weighted by molar-refractivity contribution is -0.154. The van der Waals surface area contributed by atoms with Crippen LogP contribution in [0.15, 0.2) is 0 Å². The molecule has 0 aromatic rings. The van der Waals surface area contributed by atoms with Crippen LogP contribution in [0.25, 0.3) is 0 Å². The van der Waals surface area contributed by atoms with E-state index in [1.165, 1.54) is 25.7 Å². The predicted octanol–water partition coefficient (Wildman–Crippen LogP) is 2.51. The summed E-state index contributed by atoms with van der Waals surface area (Å²) in [6.07, 6.45) is 7.84. The third-order valence-corrected chi connectivity index (χ3v) is 4.33. The standard InChI is InChI=1S/C13H23NO2/c1-2-13(12(15)16,11-7-8-11)14-9-5-3-4-6-10-14/h11H,2-10H2,1H3,(H,15,16). The Balaban J connectivity index is 2.18. The van der Waals surface area contributed by atoms with Gasteiger partial charge in [0.05, 0.1) is 0 Å². The van der Waals surface area contributed by atoms with E-state index in [9.17, 15) is 9.90 Å². The number of carboxylic acids is 1. The lowest BCUT2D eigenvalue weighted by Gasteiger charge is -2.40. The molecule has 1 aliphatic carbocycles. The van der Waals surface area contributed by atoms with Gasteiger partial charge in [-0.2, -0.15) is 0 Å².